The third kappa shape index (κ3) is 3.85. The van der Waals surface area contributed by atoms with Crippen LogP contribution in [0.1, 0.15) is 12.7 Å². The maximum atomic E-state index is 12.2. The minimum Gasteiger partial charge on any atom is -0.468 e. The molecule has 106 valence electrons. The van der Waals surface area contributed by atoms with Gasteiger partial charge in [0, 0.05) is 10.7 Å². The molecule has 0 saturated carbocycles. The molecule has 1 aromatic heterocycles. The Morgan fingerprint density at radius 3 is 2.65 bits per heavy atom. The summed E-state index contributed by atoms with van der Waals surface area (Å²) in [4.78, 5) is 14.1. The number of amides is 1. The van der Waals surface area contributed by atoms with Crippen molar-refractivity contribution in [2.45, 2.75) is 19.5 Å². The number of carbonyl (C=O) groups is 1. The van der Waals surface area contributed by atoms with Crippen molar-refractivity contribution >= 4 is 23.2 Å². The number of hydrogen-bond donors (Lipinski definition) is 1. The van der Waals surface area contributed by atoms with E-state index in [0.717, 1.165) is 11.4 Å². The lowest BCUT2D eigenvalue weighted by Crippen LogP contribution is -2.39. The first-order valence-electron chi connectivity index (χ1n) is 6.35. The number of benzene rings is 1. The molecule has 0 radical (unpaired) electrons. The number of anilines is 1. The maximum Gasteiger partial charge on any atom is 0.241 e. The summed E-state index contributed by atoms with van der Waals surface area (Å²) in [6.07, 6.45) is 1.63. The van der Waals surface area contributed by atoms with Crippen molar-refractivity contribution in [1.29, 1.82) is 0 Å². The lowest BCUT2D eigenvalue weighted by atomic mass is 10.2. The van der Waals surface area contributed by atoms with Crippen molar-refractivity contribution in [1.82, 2.24) is 4.90 Å². The molecule has 5 heteroatoms. The second kappa shape index (κ2) is 6.59. The Kier molecular flexibility index (Phi) is 4.82. The Morgan fingerprint density at radius 1 is 1.35 bits per heavy atom. The van der Waals surface area contributed by atoms with Gasteiger partial charge in [-0.3, -0.25) is 9.69 Å². The summed E-state index contributed by atoms with van der Waals surface area (Å²) >= 11 is 5.81. The van der Waals surface area contributed by atoms with E-state index in [0.29, 0.717) is 11.6 Å². The van der Waals surface area contributed by atoms with Crippen LogP contribution in [0.3, 0.4) is 0 Å². The quantitative estimate of drug-likeness (QED) is 0.919. The van der Waals surface area contributed by atoms with Gasteiger partial charge in [0.2, 0.25) is 5.91 Å². The van der Waals surface area contributed by atoms with Crippen LogP contribution in [0.15, 0.2) is 47.1 Å². The fraction of sp³-hybridized carbons (Fsp3) is 0.267. The highest BCUT2D eigenvalue weighted by molar-refractivity contribution is 6.30. The van der Waals surface area contributed by atoms with E-state index in [9.17, 15) is 4.79 Å². The molecule has 0 aliphatic rings. The minimum atomic E-state index is -0.268. The Balaban J connectivity index is 1.92. The summed E-state index contributed by atoms with van der Waals surface area (Å²) < 4.78 is 5.28. The van der Waals surface area contributed by atoms with Gasteiger partial charge in [0.25, 0.3) is 0 Å². The van der Waals surface area contributed by atoms with Crippen LogP contribution in [0.25, 0.3) is 0 Å². The molecule has 1 N–H and O–H groups in total. The summed E-state index contributed by atoms with van der Waals surface area (Å²) in [6, 6.07) is 10.5. The van der Waals surface area contributed by atoms with Crippen LogP contribution in [-0.2, 0) is 11.3 Å². The predicted octanol–water partition coefficient (Wildman–Crippen LogP) is 3.39. The van der Waals surface area contributed by atoms with Crippen molar-refractivity contribution in [3.63, 3.8) is 0 Å². The maximum absolute atomic E-state index is 12.2. The summed E-state index contributed by atoms with van der Waals surface area (Å²) in [5.74, 6) is 0.764. The normalized spacial score (nSPS) is 12.4. The zero-order chi connectivity index (χ0) is 14.5. The minimum absolute atomic E-state index is 0.0682. The smallest absolute Gasteiger partial charge is 0.241 e. The third-order valence-electron chi connectivity index (χ3n) is 3.14. The van der Waals surface area contributed by atoms with Gasteiger partial charge < -0.3 is 9.73 Å². The molecule has 2 aromatic rings. The van der Waals surface area contributed by atoms with Gasteiger partial charge in [-0.2, -0.15) is 0 Å². The summed E-state index contributed by atoms with van der Waals surface area (Å²) in [7, 11) is 1.88. The van der Waals surface area contributed by atoms with Crippen LogP contribution in [0.5, 0.6) is 0 Å². The largest absolute Gasteiger partial charge is 0.468 e. The van der Waals surface area contributed by atoms with Gasteiger partial charge in [-0.1, -0.05) is 11.6 Å². The first-order chi connectivity index (χ1) is 9.56. The van der Waals surface area contributed by atoms with Crippen molar-refractivity contribution in [3.8, 4) is 0 Å². The van der Waals surface area contributed by atoms with Gasteiger partial charge in [-0.05, 0) is 50.4 Å². The second-order valence-electron chi connectivity index (χ2n) is 4.67. The van der Waals surface area contributed by atoms with Gasteiger partial charge in [-0.25, -0.2) is 0 Å². The van der Waals surface area contributed by atoms with E-state index in [1.807, 2.05) is 31.0 Å². The van der Waals surface area contributed by atoms with Gasteiger partial charge in [-0.15, -0.1) is 0 Å². The van der Waals surface area contributed by atoms with E-state index in [4.69, 9.17) is 16.0 Å². The SMILES string of the molecule is CC(C(=O)Nc1ccc(Cl)cc1)N(C)Cc1ccco1. The Bertz CT molecular complexity index is 552. The average Bonchev–Trinajstić information content (AvgIpc) is 2.93. The molecule has 0 spiro atoms. The number of furan rings is 1. The van der Waals surface area contributed by atoms with Crippen molar-refractivity contribution in [2.75, 3.05) is 12.4 Å². The molecule has 1 unspecified atom stereocenters. The molecule has 1 aromatic carbocycles. The van der Waals surface area contributed by atoms with Crippen molar-refractivity contribution < 1.29 is 9.21 Å². The number of nitrogens with zero attached hydrogens (tertiary/aromatic N) is 1. The van der Waals surface area contributed by atoms with E-state index in [1.165, 1.54) is 0 Å². The molecule has 0 saturated heterocycles. The summed E-state index contributed by atoms with van der Waals surface area (Å²) in [6.45, 7) is 2.44. The molecule has 0 fully saturated rings. The Hall–Kier alpha value is -1.78. The van der Waals surface area contributed by atoms with Gasteiger partial charge in [0.05, 0.1) is 18.8 Å². The number of rotatable bonds is 5. The van der Waals surface area contributed by atoms with E-state index in [2.05, 4.69) is 5.32 Å². The molecule has 0 aliphatic carbocycles. The number of halogens is 1. The molecule has 1 heterocycles. The summed E-state index contributed by atoms with van der Waals surface area (Å²) in [5.41, 5.74) is 0.734. The Morgan fingerprint density at radius 2 is 2.05 bits per heavy atom. The van der Waals surface area contributed by atoms with Crippen LogP contribution in [-0.4, -0.2) is 23.9 Å². The number of nitrogens with one attached hydrogen (secondary N) is 1. The molecule has 20 heavy (non-hydrogen) atoms. The highest BCUT2D eigenvalue weighted by Crippen LogP contribution is 2.14. The number of carbonyl (C=O) groups excluding carboxylic acids is 1. The van der Waals surface area contributed by atoms with E-state index < -0.39 is 0 Å². The number of likely N-dealkylation sites (N-methyl/N-ethyl adjacent to an activating group) is 1. The molecule has 4 nitrogen and oxygen atoms in total. The van der Waals surface area contributed by atoms with Gasteiger partial charge in [0.15, 0.2) is 0 Å². The van der Waals surface area contributed by atoms with Crippen LogP contribution in [0, 0.1) is 0 Å². The molecule has 1 atom stereocenters. The fourth-order valence-electron chi connectivity index (χ4n) is 1.77. The van der Waals surface area contributed by atoms with Gasteiger partial charge in [0.1, 0.15) is 5.76 Å². The highest BCUT2D eigenvalue weighted by atomic mass is 35.5. The lowest BCUT2D eigenvalue weighted by Gasteiger charge is -2.22. The molecule has 0 aliphatic heterocycles. The second-order valence-corrected chi connectivity index (χ2v) is 5.10. The van der Waals surface area contributed by atoms with Crippen LogP contribution in [0.2, 0.25) is 5.02 Å². The van der Waals surface area contributed by atoms with Crippen molar-refractivity contribution in [2.24, 2.45) is 0 Å². The van der Waals surface area contributed by atoms with Crippen molar-refractivity contribution in [3.05, 3.63) is 53.4 Å². The molecular weight excluding hydrogens is 276 g/mol. The van der Waals surface area contributed by atoms with E-state index in [-0.39, 0.29) is 11.9 Å². The van der Waals surface area contributed by atoms with Gasteiger partial charge >= 0.3 is 0 Å². The van der Waals surface area contributed by atoms with E-state index >= 15 is 0 Å². The standard InChI is InChI=1S/C15H17ClN2O2/c1-11(18(2)10-14-4-3-9-20-14)15(19)17-13-7-5-12(16)6-8-13/h3-9,11H,10H2,1-2H3,(H,17,19). The number of hydrogen-bond acceptors (Lipinski definition) is 3. The zero-order valence-corrected chi connectivity index (χ0v) is 12.2. The van der Waals surface area contributed by atoms with Crippen LogP contribution >= 0.6 is 11.6 Å². The molecule has 0 bridgehead atoms. The van der Waals surface area contributed by atoms with Crippen LogP contribution in [0.4, 0.5) is 5.69 Å². The fourth-order valence-corrected chi connectivity index (χ4v) is 1.89. The molecule has 1 amide bonds. The zero-order valence-electron chi connectivity index (χ0n) is 11.5. The topological polar surface area (TPSA) is 45.5 Å². The molecular formula is C15H17ClN2O2. The lowest BCUT2D eigenvalue weighted by molar-refractivity contribution is -0.120. The first-order valence-corrected chi connectivity index (χ1v) is 6.73. The summed E-state index contributed by atoms with van der Waals surface area (Å²) in [5, 5.41) is 3.50. The average molecular weight is 293 g/mol. The third-order valence-corrected chi connectivity index (χ3v) is 3.39. The highest BCUT2D eigenvalue weighted by Gasteiger charge is 2.18. The Labute approximate surface area is 123 Å². The van der Waals surface area contributed by atoms with E-state index in [1.54, 1.807) is 30.5 Å². The van der Waals surface area contributed by atoms with Crippen LogP contribution < -0.4 is 5.32 Å². The predicted molar refractivity (Wildman–Crippen MR) is 79.7 cm³/mol. The molecule has 2 rings (SSSR count). The monoisotopic (exact) mass is 292 g/mol. The first kappa shape index (κ1) is 14.6.